The van der Waals surface area contributed by atoms with E-state index in [2.05, 4.69) is 19.2 Å². The first-order chi connectivity index (χ1) is 9.16. The number of para-hydroxylation sites is 1. The minimum absolute atomic E-state index is 0.210. The van der Waals surface area contributed by atoms with E-state index in [9.17, 15) is 0 Å². The first kappa shape index (κ1) is 14.6. The maximum atomic E-state index is 6.24. The predicted octanol–water partition coefficient (Wildman–Crippen LogP) is 3.40. The smallest absolute Gasteiger partial charge is 0.142 e. The Labute approximate surface area is 120 Å². The molecule has 0 radical (unpaired) electrons. The number of hydrogen-bond acceptors (Lipinski definition) is 3. The second-order valence-electron chi connectivity index (χ2n) is 5.21. The van der Waals surface area contributed by atoms with Crippen molar-refractivity contribution in [1.29, 1.82) is 0 Å². The van der Waals surface area contributed by atoms with Gasteiger partial charge >= 0.3 is 0 Å². The zero-order valence-corrected chi connectivity index (χ0v) is 12.4. The van der Waals surface area contributed by atoms with Crippen LogP contribution in [0.1, 0.15) is 32.3 Å². The summed E-state index contributed by atoms with van der Waals surface area (Å²) in [6.07, 6.45) is 2.41. The van der Waals surface area contributed by atoms with Crippen LogP contribution in [0.5, 0.6) is 5.75 Å². The van der Waals surface area contributed by atoms with Gasteiger partial charge in [0.15, 0.2) is 0 Å². The zero-order chi connectivity index (χ0) is 13.7. The second-order valence-corrected chi connectivity index (χ2v) is 5.62. The fourth-order valence-electron chi connectivity index (χ4n) is 2.12. The van der Waals surface area contributed by atoms with Gasteiger partial charge in [0, 0.05) is 24.8 Å². The van der Waals surface area contributed by atoms with Crippen molar-refractivity contribution in [2.75, 3.05) is 13.2 Å². The van der Waals surface area contributed by atoms with Crippen molar-refractivity contribution < 1.29 is 9.47 Å². The number of nitrogens with one attached hydrogen (secondary N) is 1. The summed E-state index contributed by atoms with van der Waals surface area (Å²) in [7, 11) is 0. The Bertz CT molecular complexity index is 403. The van der Waals surface area contributed by atoms with Gasteiger partial charge in [0.1, 0.15) is 12.4 Å². The van der Waals surface area contributed by atoms with Gasteiger partial charge in [-0.15, -0.1) is 0 Å². The summed E-state index contributed by atoms with van der Waals surface area (Å²) in [6, 6.07) is 6.31. The van der Waals surface area contributed by atoms with Crippen molar-refractivity contribution in [2.24, 2.45) is 0 Å². The van der Waals surface area contributed by atoms with E-state index < -0.39 is 0 Å². The topological polar surface area (TPSA) is 30.5 Å². The van der Waals surface area contributed by atoms with Crippen molar-refractivity contribution in [3.8, 4) is 5.75 Å². The number of halogens is 1. The van der Waals surface area contributed by atoms with Gasteiger partial charge in [-0.3, -0.25) is 0 Å². The molecule has 1 aliphatic heterocycles. The third kappa shape index (κ3) is 4.37. The van der Waals surface area contributed by atoms with E-state index >= 15 is 0 Å². The molecule has 1 aromatic carbocycles. The Morgan fingerprint density at radius 2 is 2.32 bits per heavy atom. The summed E-state index contributed by atoms with van der Waals surface area (Å²) in [5, 5.41) is 4.06. The van der Waals surface area contributed by atoms with Crippen LogP contribution in [0.3, 0.4) is 0 Å². The molecule has 0 spiro atoms. The predicted molar refractivity (Wildman–Crippen MR) is 77.9 cm³/mol. The highest BCUT2D eigenvalue weighted by Crippen LogP contribution is 2.29. The van der Waals surface area contributed by atoms with Crippen molar-refractivity contribution in [3.63, 3.8) is 0 Å². The number of hydrogen-bond donors (Lipinski definition) is 1. The molecule has 0 amide bonds. The molecule has 1 unspecified atom stereocenters. The first-order valence-electron chi connectivity index (χ1n) is 6.92. The van der Waals surface area contributed by atoms with Gasteiger partial charge in [-0.05, 0) is 18.9 Å². The van der Waals surface area contributed by atoms with Crippen LogP contribution in [0.15, 0.2) is 18.2 Å². The lowest BCUT2D eigenvalue weighted by Gasteiger charge is -2.17. The molecule has 1 fully saturated rings. The van der Waals surface area contributed by atoms with Crippen LogP contribution in [0, 0.1) is 0 Å². The van der Waals surface area contributed by atoms with Crippen LogP contribution < -0.4 is 10.1 Å². The van der Waals surface area contributed by atoms with Gasteiger partial charge in [-0.2, -0.15) is 0 Å². The summed E-state index contributed by atoms with van der Waals surface area (Å²) in [4.78, 5) is 0. The third-order valence-electron chi connectivity index (χ3n) is 3.19. The SMILES string of the molecule is CC(C)NCc1cccc(Cl)c1OCC1CCCO1. The van der Waals surface area contributed by atoms with E-state index in [1.165, 1.54) is 0 Å². The lowest BCUT2D eigenvalue weighted by atomic mass is 10.2. The Hall–Kier alpha value is -0.770. The van der Waals surface area contributed by atoms with Gasteiger partial charge in [0.25, 0.3) is 0 Å². The van der Waals surface area contributed by atoms with Crippen molar-refractivity contribution in [2.45, 2.75) is 45.4 Å². The average Bonchev–Trinajstić information content (AvgIpc) is 2.88. The summed E-state index contributed by atoms with van der Waals surface area (Å²) >= 11 is 6.24. The maximum Gasteiger partial charge on any atom is 0.142 e. The van der Waals surface area contributed by atoms with E-state index in [1.807, 2.05) is 18.2 Å². The van der Waals surface area contributed by atoms with Crippen LogP contribution in [-0.4, -0.2) is 25.4 Å². The van der Waals surface area contributed by atoms with Crippen molar-refractivity contribution in [1.82, 2.24) is 5.32 Å². The molecule has 0 aromatic heterocycles. The highest BCUT2D eigenvalue weighted by atomic mass is 35.5. The molecule has 0 aliphatic carbocycles. The summed E-state index contributed by atoms with van der Waals surface area (Å²) < 4.78 is 11.5. The maximum absolute atomic E-state index is 6.24. The molecule has 4 heteroatoms. The Morgan fingerprint density at radius 1 is 1.47 bits per heavy atom. The van der Waals surface area contributed by atoms with Gasteiger partial charge in [-0.1, -0.05) is 37.6 Å². The average molecular weight is 284 g/mol. The van der Waals surface area contributed by atoms with E-state index in [4.69, 9.17) is 21.1 Å². The molecule has 1 heterocycles. The monoisotopic (exact) mass is 283 g/mol. The third-order valence-corrected chi connectivity index (χ3v) is 3.48. The van der Waals surface area contributed by atoms with Crippen LogP contribution in [0.25, 0.3) is 0 Å². The lowest BCUT2D eigenvalue weighted by Crippen LogP contribution is -2.23. The minimum Gasteiger partial charge on any atom is -0.489 e. The van der Waals surface area contributed by atoms with E-state index in [-0.39, 0.29) is 6.10 Å². The Morgan fingerprint density at radius 3 is 3.00 bits per heavy atom. The summed E-state index contributed by atoms with van der Waals surface area (Å²) in [6.45, 7) is 6.44. The van der Waals surface area contributed by atoms with Crippen LogP contribution >= 0.6 is 11.6 Å². The zero-order valence-electron chi connectivity index (χ0n) is 11.6. The highest BCUT2D eigenvalue weighted by Gasteiger charge is 2.17. The number of rotatable bonds is 6. The quantitative estimate of drug-likeness (QED) is 0.868. The highest BCUT2D eigenvalue weighted by molar-refractivity contribution is 6.32. The molecule has 0 saturated carbocycles. The molecule has 0 bridgehead atoms. The normalized spacial score (nSPS) is 19.1. The molecule has 106 valence electrons. The molecule has 1 aromatic rings. The standard InChI is InChI=1S/C15H22ClNO2/c1-11(2)17-9-12-5-3-7-14(16)15(12)19-10-13-6-4-8-18-13/h3,5,7,11,13,17H,4,6,8-10H2,1-2H3. The largest absolute Gasteiger partial charge is 0.489 e. The molecular formula is C15H22ClNO2. The van der Waals surface area contributed by atoms with Gasteiger partial charge in [0.05, 0.1) is 11.1 Å². The fraction of sp³-hybridized carbons (Fsp3) is 0.600. The summed E-state index contributed by atoms with van der Waals surface area (Å²) in [5.41, 5.74) is 1.10. The molecule has 3 nitrogen and oxygen atoms in total. The Kier molecular flexibility index (Phi) is 5.49. The molecule has 19 heavy (non-hydrogen) atoms. The molecular weight excluding hydrogens is 262 g/mol. The number of ether oxygens (including phenoxy) is 2. The van der Waals surface area contributed by atoms with Gasteiger partial charge in [-0.25, -0.2) is 0 Å². The van der Waals surface area contributed by atoms with Crippen molar-refractivity contribution in [3.05, 3.63) is 28.8 Å². The van der Waals surface area contributed by atoms with Gasteiger partial charge < -0.3 is 14.8 Å². The number of benzene rings is 1. The summed E-state index contributed by atoms with van der Waals surface area (Å²) in [5.74, 6) is 0.785. The first-order valence-corrected chi connectivity index (χ1v) is 7.30. The van der Waals surface area contributed by atoms with Gasteiger partial charge in [0.2, 0.25) is 0 Å². The fourth-order valence-corrected chi connectivity index (χ4v) is 2.37. The van der Waals surface area contributed by atoms with Crippen molar-refractivity contribution >= 4 is 11.6 Å². The Balaban J connectivity index is 1.99. The molecule has 1 aliphatic rings. The van der Waals surface area contributed by atoms with E-state index in [1.54, 1.807) is 0 Å². The van der Waals surface area contributed by atoms with Crippen LogP contribution in [0.2, 0.25) is 5.02 Å². The van der Waals surface area contributed by atoms with Crippen LogP contribution in [-0.2, 0) is 11.3 Å². The van der Waals surface area contributed by atoms with Crippen LogP contribution in [0.4, 0.5) is 0 Å². The lowest BCUT2D eigenvalue weighted by molar-refractivity contribution is 0.0676. The molecule has 1 N–H and O–H groups in total. The molecule has 1 saturated heterocycles. The minimum atomic E-state index is 0.210. The van der Waals surface area contributed by atoms with E-state index in [0.29, 0.717) is 17.7 Å². The molecule has 1 atom stereocenters. The molecule has 2 rings (SSSR count). The second kappa shape index (κ2) is 7.13. The van der Waals surface area contributed by atoms with E-state index in [0.717, 1.165) is 37.3 Å².